The van der Waals surface area contributed by atoms with Crippen molar-refractivity contribution >= 4 is 28.3 Å². The maximum Gasteiger partial charge on any atom is 0.132 e. The van der Waals surface area contributed by atoms with Crippen LogP contribution in [0.5, 0.6) is 0 Å². The minimum Gasteiger partial charge on any atom is -0.324 e. The van der Waals surface area contributed by atoms with E-state index in [4.69, 9.17) is 5.73 Å². The minimum absolute atomic E-state index is 0. The van der Waals surface area contributed by atoms with Crippen molar-refractivity contribution in [3.63, 3.8) is 0 Å². The van der Waals surface area contributed by atoms with Gasteiger partial charge in [0.1, 0.15) is 11.6 Å². The van der Waals surface area contributed by atoms with Crippen LogP contribution in [-0.4, -0.2) is 0 Å². The molecule has 98 valence electrons. The Balaban J connectivity index is 0.00000256. The van der Waals surface area contributed by atoms with Crippen LogP contribution in [0.3, 0.4) is 0 Å². The molecule has 5 heteroatoms. The molecular weight excluding hydrogens is 311 g/mol. The second-order valence-electron chi connectivity index (χ2n) is 3.89. The zero-order valence-corrected chi connectivity index (χ0v) is 12.1. The maximum atomic E-state index is 13.5. The fourth-order valence-corrected chi connectivity index (χ4v) is 2.07. The van der Waals surface area contributed by atoms with Gasteiger partial charge < -0.3 is 5.73 Å². The van der Waals surface area contributed by atoms with Gasteiger partial charge in [-0.25, -0.2) is 8.78 Å². The molecule has 0 unspecified atom stereocenters. The predicted molar refractivity (Wildman–Crippen MR) is 72.4 cm³/mol. The summed E-state index contributed by atoms with van der Waals surface area (Å²) >= 11 is 3.04. The highest BCUT2D eigenvalue weighted by Crippen LogP contribution is 2.26. The topological polar surface area (TPSA) is 26.0 Å². The van der Waals surface area contributed by atoms with Crippen molar-refractivity contribution in [1.82, 2.24) is 0 Å². The van der Waals surface area contributed by atoms with E-state index in [0.717, 1.165) is 19.3 Å². The third kappa shape index (κ3) is 4.90. The van der Waals surface area contributed by atoms with E-state index in [9.17, 15) is 8.78 Å². The van der Waals surface area contributed by atoms with Gasteiger partial charge in [0.2, 0.25) is 0 Å². The summed E-state index contributed by atoms with van der Waals surface area (Å²) < 4.78 is 27.4. The maximum absolute atomic E-state index is 13.5. The average molecular weight is 329 g/mol. The van der Waals surface area contributed by atoms with Gasteiger partial charge in [0.25, 0.3) is 0 Å². The number of rotatable bonds is 5. The van der Waals surface area contributed by atoms with Gasteiger partial charge in [0.05, 0.1) is 0 Å². The van der Waals surface area contributed by atoms with E-state index in [-0.39, 0.29) is 18.0 Å². The Bertz CT molecular complexity index is 337. The lowest BCUT2D eigenvalue weighted by molar-refractivity contribution is 0.497. The molecule has 0 aliphatic heterocycles. The van der Waals surface area contributed by atoms with E-state index >= 15 is 0 Å². The quantitative estimate of drug-likeness (QED) is 0.777. The third-order valence-electron chi connectivity index (χ3n) is 2.53. The monoisotopic (exact) mass is 327 g/mol. The number of nitrogens with two attached hydrogens (primary N) is 1. The molecule has 0 radical (unpaired) electrons. The Morgan fingerprint density at radius 1 is 1.24 bits per heavy atom. The lowest BCUT2D eigenvalue weighted by atomic mass is 10.0. The molecule has 0 bridgehead atoms. The van der Waals surface area contributed by atoms with Crippen LogP contribution in [0.1, 0.15) is 44.2 Å². The largest absolute Gasteiger partial charge is 0.324 e. The van der Waals surface area contributed by atoms with E-state index < -0.39 is 17.7 Å². The van der Waals surface area contributed by atoms with Gasteiger partial charge in [-0.2, -0.15) is 0 Å². The highest BCUT2D eigenvalue weighted by molar-refractivity contribution is 9.10. The first-order valence-corrected chi connectivity index (χ1v) is 6.25. The fourth-order valence-electron chi connectivity index (χ4n) is 1.67. The molecule has 0 saturated carbocycles. The first-order chi connectivity index (χ1) is 7.56. The number of hydrogen-bond acceptors (Lipinski definition) is 1. The molecule has 0 heterocycles. The lowest BCUT2D eigenvalue weighted by Crippen LogP contribution is -2.14. The molecule has 0 amide bonds. The molecular formula is C12H17BrClF2N. The smallest absolute Gasteiger partial charge is 0.132 e. The van der Waals surface area contributed by atoms with Crippen LogP contribution < -0.4 is 5.73 Å². The summed E-state index contributed by atoms with van der Waals surface area (Å²) in [4.78, 5) is 0. The average Bonchev–Trinajstić information content (AvgIpc) is 2.16. The van der Waals surface area contributed by atoms with Crippen LogP contribution in [0, 0.1) is 11.6 Å². The third-order valence-corrected chi connectivity index (χ3v) is 2.99. The molecule has 0 fully saturated rings. The predicted octanol–water partition coefficient (Wildman–Crippen LogP) is 4.73. The molecule has 1 rings (SSSR count). The summed E-state index contributed by atoms with van der Waals surface area (Å²) in [7, 11) is 0. The molecule has 0 aliphatic carbocycles. The van der Waals surface area contributed by atoms with E-state index in [2.05, 4.69) is 22.9 Å². The highest BCUT2D eigenvalue weighted by Gasteiger charge is 2.17. The molecule has 17 heavy (non-hydrogen) atoms. The van der Waals surface area contributed by atoms with Crippen LogP contribution in [0.15, 0.2) is 16.6 Å². The second kappa shape index (κ2) is 8.01. The van der Waals surface area contributed by atoms with E-state index in [0.29, 0.717) is 10.9 Å². The number of hydrogen-bond donors (Lipinski definition) is 1. The number of unbranched alkanes of at least 4 members (excludes halogenated alkanes) is 2. The Morgan fingerprint density at radius 2 is 1.76 bits per heavy atom. The van der Waals surface area contributed by atoms with Crippen LogP contribution in [0.4, 0.5) is 8.78 Å². The van der Waals surface area contributed by atoms with Crippen LogP contribution >= 0.6 is 28.3 Å². The summed E-state index contributed by atoms with van der Waals surface area (Å²) in [6.45, 7) is 2.08. The van der Waals surface area contributed by atoms with Gasteiger partial charge in [-0.1, -0.05) is 42.1 Å². The van der Waals surface area contributed by atoms with Gasteiger partial charge in [0, 0.05) is 16.1 Å². The van der Waals surface area contributed by atoms with Crippen LogP contribution in [0.25, 0.3) is 0 Å². The highest BCUT2D eigenvalue weighted by atomic mass is 79.9. The Morgan fingerprint density at radius 3 is 2.24 bits per heavy atom. The van der Waals surface area contributed by atoms with Crippen molar-refractivity contribution in [3.05, 3.63) is 33.8 Å². The fraction of sp³-hybridized carbons (Fsp3) is 0.500. The number of benzene rings is 1. The van der Waals surface area contributed by atoms with E-state index in [1.807, 2.05) is 0 Å². The molecule has 1 atom stereocenters. The molecule has 1 aromatic rings. The second-order valence-corrected chi connectivity index (χ2v) is 4.80. The molecule has 1 nitrogen and oxygen atoms in total. The summed E-state index contributed by atoms with van der Waals surface area (Å²) in [5, 5.41) is 0. The van der Waals surface area contributed by atoms with Gasteiger partial charge >= 0.3 is 0 Å². The Kier molecular flexibility index (Phi) is 7.92. The van der Waals surface area contributed by atoms with Crippen molar-refractivity contribution in [1.29, 1.82) is 0 Å². The SMILES string of the molecule is CCCCC[C@@H](N)c1c(F)cc(Br)cc1F.Cl. The molecule has 1 aromatic carbocycles. The van der Waals surface area contributed by atoms with Gasteiger partial charge in [0.15, 0.2) is 0 Å². The van der Waals surface area contributed by atoms with Crippen molar-refractivity contribution < 1.29 is 8.78 Å². The molecule has 0 aromatic heterocycles. The zero-order chi connectivity index (χ0) is 12.1. The molecule has 0 spiro atoms. The van der Waals surface area contributed by atoms with Crippen molar-refractivity contribution in [2.24, 2.45) is 5.73 Å². The Labute approximate surface area is 115 Å². The van der Waals surface area contributed by atoms with Gasteiger partial charge in [-0.05, 0) is 18.6 Å². The van der Waals surface area contributed by atoms with Gasteiger partial charge in [-0.3, -0.25) is 0 Å². The standard InChI is InChI=1S/C12H16BrF2N.ClH/c1-2-3-4-5-11(16)12-9(14)6-8(13)7-10(12)15;/h6-7,11H,2-5,16H2,1H3;1H/t11-;/m1./s1. The van der Waals surface area contributed by atoms with Crippen molar-refractivity contribution in [2.45, 2.75) is 38.6 Å². The van der Waals surface area contributed by atoms with Crippen LogP contribution in [0.2, 0.25) is 0 Å². The minimum atomic E-state index is -0.573. The summed E-state index contributed by atoms with van der Waals surface area (Å²) in [6.07, 6.45) is 3.61. The summed E-state index contributed by atoms with van der Waals surface area (Å²) in [5.74, 6) is -1.15. The van der Waals surface area contributed by atoms with Gasteiger partial charge in [-0.15, -0.1) is 12.4 Å². The number of halogens is 4. The van der Waals surface area contributed by atoms with Crippen molar-refractivity contribution in [2.75, 3.05) is 0 Å². The molecule has 0 saturated heterocycles. The van der Waals surface area contributed by atoms with E-state index in [1.54, 1.807) is 0 Å². The Hall–Kier alpha value is -0.190. The summed E-state index contributed by atoms with van der Waals surface area (Å²) in [5.41, 5.74) is 5.79. The normalized spacial score (nSPS) is 12.1. The molecule has 2 N–H and O–H groups in total. The van der Waals surface area contributed by atoms with Crippen LogP contribution in [-0.2, 0) is 0 Å². The first kappa shape index (κ1) is 16.8. The lowest BCUT2D eigenvalue weighted by Gasteiger charge is -2.14. The van der Waals surface area contributed by atoms with Crippen molar-refractivity contribution in [3.8, 4) is 0 Å². The first-order valence-electron chi connectivity index (χ1n) is 5.46. The molecule has 0 aliphatic rings. The summed E-state index contributed by atoms with van der Waals surface area (Å²) in [6, 6.07) is 1.94. The van der Waals surface area contributed by atoms with E-state index in [1.165, 1.54) is 12.1 Å². The zero-order valence-electron chi connectivity index (χ0n) is 9.68.